The highest BCUT2D eigenvalue weighted by atomic mass is 33.1. The number of aliphatic hydroxyl groups excluding tert-OH is 1. The van der Waals surface area contributed by atoms with Crippen molar-refractivity contribution < 1.29 is 38.5 Å². The second-order valence-electron chi connectivity index (χ2n) is 12.1. The smallest absolute Gasteiger partial charge is 0.416 e. The van der Waals surface area contributed by atoms with Crippen molar-refractivity contribution in [2.45, 2.75) is 88.8 Å². The summed E-state index contributed by atoms with van der Waals surface area (Å²) < 4.78 is 17.4. The van der Waals surface area contributed by atoms with E-state index in [2.05, 4.69) is 25.8 Å². The molecular formula is C32H43N3O8S2. The Morgan fingerprint density at radius 2 is 1.93 bits per heavy atom. The number of fused-ring (bicyclic) bond motifs is 2. The van der Waals surface area contributed by atoms with Gasteiger partial charge >= 0.3 is 12.2 Å². The number of amides is 2. The molecule has 0 aliphatic carbocycles. The molecule has 0 radical (unpaired) electrons. The molecule has 2 amide bonds. The highest BCUT2D eigenvalue weighted by Gasteiger charge is 2.45. The highest BCUT2D eigenvalue weighted by Crippen LogP contribution is 2.41. The molecule has 1 N–H and O–H groups in total. The Labute approximate surface area is 272 Å². The van der Waals surface area contributed by atoms with Crippen LogP contribution in [0.4, 0.5) is 10.5 Å². The summed E-state index contributed by atoms with van der Waals surface area (Å²) in [4.78, 5) is 50.6. The van der Waals surface area contributed by atoms with Gasteiger partial charge < -0.3 is 24.2 Å². The van der Waals surface area contributed by atoms with Gasteiger partial charge in [-0.2, -0.15) is 9.59 Å². The van der Waals surface area contributed by atoms with E-state index in [1.165, 1.54) is 22.8 Å². The first kappa shape index (κ1) is 36.2. The fourth-order valence-electron chi connectivity index (χ4n) is 5.15. The summed E-state index contributed by atoms with van der Waals surface area (Å²) in [5.74, 6) is 0.584. The van der Waals surface area contributed by atoms with Gasteiger partial charge in [-0.25, -0.2) is 14.7 Å². The largest absolute Gasteiger partial charge is 0.493 e. The number of hydrogen-bond acceptors (Lipinski definition) is 11. The lowest BCUT2D eigenvalue weighted by Gasteiger charge is -2.32. The maximum Gasteiger partial charge on any atom is 0.416 e. The Morgan fingerprint density at radius 3 is 2.60 bits per heavy atom. The Morgan fingerprint density at radius 1 is 1.18 bits per heavy atom. The van der Waals surface area contributed by atoms with Gasteiger partial charge in [0.05, 0.1) is 31.0 Å². The van der Waals surface area contributed by atoms with Crippen molar-refractivity contribution >= 4 is 45.4 Å². The van der Waals surface area contributed by atoms with Crippen molar-refractivity contribution in [2.75, 3.05) is 31.8 Å². The molecule has 2 aromatic rings. The van der Waals surface area contributed by atoms with Crippen LogP contribution in [0.5, 0.6) is 11.5 Å². The molecule has 13 heteroatoms. The molecule has 4 rings (SSSR count). The average molecular weight is 662 g/mol. The number of carbonyl (C=O) groups is 2. The minimum Gasteiger partial charge on any atom is -0.493 e. The normalized spacial score (nSPS) is 18.0. The summed E-state index contributed by atoms with van der Waals surface area (Å²) in [6, 6.07) is 8.42. The van der Waals surface area contributed by atoms with Crippen LogP contribution in [0.3, 0.4) is 0 Å². The van der Waals surface area contributed by atoms with E-state index in [4.69, 9.17) is 23.8 Å². The number of aromatic nitrogens is 1. The number of aliphatic hydroxyl groups is 1. The standard InChI is InChI=1S/C31H43N3O6S2.CO2/c1-21(41-42-27-13-7-9-15-32-27)20-40-30(37)34-24-19-26(39-17-10-6-8-14-31(2,3)4)25(38-5)18-22(24)28(35)33-16-11-12-23(33)29(34)36;2-1-3/h7,9,13,15,18-19,21,23,29,36H,6,8,10-12,14,16-17,20H2,1-5H3;/t21?,23-,29?;/m0./s1. The first-order chi connectivity index (χ1) is 21.5. The van der Waals surface area contributed by atoms with Crippen molar-refractivity contribution in [3.63, 3.8) is 0 Å². The predicted molar refractivity (Wildman–Crippen MR) is 172 cm³/mol. The Bertz CT molecular complexity index is 1300. The van der Waals surface area contributed by atoms with E-state index >= 15 is 0 Å². The van der Waals surface area contributed by atoms with Crippen LogP contribution in [0.15, 0.2) is 41.6 Å². The van der Waals surface area contributed by atoms with Crippen molar-refractivity contribution in [1.29, 1.82) is 0 Å². The van der Waals surface area contributed by atoms with Gasteiger partial charge in [0.1, 0.15) is 11.6 Å². The summed E-state index contributed by atoms with van der Waals surface area (Å²) in [6.45, 7) is 9.78. The van der Waals surface area contributed by atoms with Crippen LogP contribution in [-0.2, 0) is 14.3 Å². The van der Waals surface area contributed by atoms with Crippen molar-refractivity contribution in [3.05, 3.63) is 42.1 Å². The van der Waals surface area contributed by atoms with E-state index in [9.17, 15) is 14.7 Å². The zero-order valence-electron chi connectivity index (χ0n) is 26.5. The van der Waals surface area contributed by atoms with Crippen LogP contribution in [0, 0.1) is 5.41 Å². The van der Waals surface area contributed by atoms with Crippen molar-refractivity contribution in [3.8, 4) is 11.5 Å². The van der Waals surface area contributed by atoms with Gasteiger partial charge in [-0.3, -0.25) is 4.79 Å². The maximum atomic E-state index is 13.6. The third-order valence-electron chi connectivity index (χ3n) is 7.34. The number of hydrogen-bond donors (Lipinski definition) is 1. The lowest BCUT2D eigenvalue weighted by Crippen LogP contribution is -2.51. The first-order valence-corrected chi connectivity index (χ1v) is 17.3. The average Bonchev–Trinajstić information content (AvgIpc) is 3.48. The molecule has 2 unspecified atom stereocenters. The minimum atomic E-state index is -1.25. The number of nitrogens with zero attached hydrogens (tertiary/aromatic N) is 3. The number of benzene rings is 1. The zero-order valence-corrected chi connectivity index (χ0v) is 28.2. The fraction of sp³-hybridized carbons (Fsp3) is 0.562. The zero-order chi connectivity index (χ0) is 33.0. The molecular weight excluding hydrogens is 618 g/mol. The lowest BCUT2D eigenvalue weighted by atomic mass is 9.89. The monoisotopic (exact) mass is 661 g/mol. The third-order valence-corrected chi connectivity index (χ3v) is 10.1. The van der Waals surface area contributed by atoms with Crippen LogP contribution in [0.1, 0.15) is 76.6 Å². The maximum absolute atomic E-state index is 13.6. The van der Waals surface area contributed by atoms with Gasteiger partial charge in [0, 0.05) is 24.1 Å². The fourth-order valence-corrected chi connectivity index (χ4v) is 7.03. The topological polar surface area (TPSA) is 136 Å². The highest BCUT2D eigenvalue weighted by molar-refractivity contribution is 8.76. The molecule has 0 spiro atoms. The number of rotatable bonds is 12. The van der Waals surface area contributed by atoms with Gasteiger partial charge in [0.2, 0.25) is 0 Å². The molecule has 45 heavy (non-hydrogen) atoms. The molecule has 1 aromatic heterocycles. The molecule has 3 atom stereocenters. The Kier molecular flexibility index (Phi) is 14.0. The molecule has 2 aliphatic heterocycles. The van der Waals surface area contributed by atoms with Crippen LogP contribution in [-0.4, -0.2) is 77.5 Å². The van der Waals surface area contributed by atoms with Gasteiger partial charge in [-0.1, -0.05) is 50.5 Å². The summed E-state index contributed by atoms with van der Waals surface area (Å²) in [6.07, 6.45) is 5.51. The molecule has 3 heterocycles. The molecule has 1 saturated heterocycles. The molecule has 0 saturated carbocycles. The van der Waals surface area contributed by atoms with E-state index in [1.807, 2.05) is 25.1 Å². The van der Waals surface area contributed by atoms with Crippen LogP contribution in [0.2, 0.25) is 0 Å². The second-order valence-corrected chi connectivity index (χ2v) is 14.7. The van der Waals surface area contributed by atoms with Crippen LogP contribution < -0.4 is 14.4 Å². The van der Waals surface area contributed by atoms with E-state index < -0.39 is 18.4 Å². The van der Waals surface area contributed by atoms with Gasteiger partial charge in [0.15, 0.2) is 17.7 Å². The van der Waals surface area contributed by atoms with E-state index in [0.717, 1.165) is 37.1 Å². The van der Waals surface area contributed by atoms with E-state index in [-0.39, 0.29) is 35.2 Å². The minimum absolute atomic E-state index is 0.0396. The lowest BCUT2D eigenvalue weighted by molar-refractivity contribution is -0.191. The second kappa shape index (κ2) is 17.4. The number of unbranched alkanes of at least 4 members (excludes halogenated alkanes) is 2. The Hall–Kier alpha value is -3.25. The van der Waals surface area contributed by atoms with Crippen molar-refractivity contribution in [1.82, 2.24) is 9.88 Å². The van der Waals surface area contributed by atoms with Gasteiger partial charge in [-0.15, -0.1) is 0 Å². The van der Waals surface area contributed by atoms with E-state index in [0.29, 0.717) is 36.5 Å². The number of pyridine rings is 1. The number of anilines is 1. The molecule has 246 valence electrons. The number of methoxy groups -OCH3 is 1. The first-order valence-electron chi connectivity index (χ1n) is 15.0. The molecule has 11 nitrogen and oxygen atoms in total. The third kappa shape index (κ3) is 10.4. The Balaban J connectivity index is 0.00000177. The molecule has 1 fully saturated rings. The number of ether oxygens (including phenoxy) is 3. The summed E-state index contributed by atoms with van der Waals surface area (Å²) in [7, 11) is 4.58. The van der Waals surface area contributed by atoms with Crippen LogP contribution >= 0.6 is 21.6 Å². The molecule has 2 aliphatic rings. The molecule has 1 aromatic carbocycles. The van der Waals surface area contributed by atoms with Gasteiger partial charge in [-0.05, 0) is 67.0 Å². The van der Waals surface area contributed by atoms with Crippen molar-refractivity contribution in [2.24, 2.45) is 5.41 Å². The number of carbonyl (C=O) groups excluding carboxylic acids is 4. The van der Waals surface area contributed by atoms with Gasteiger partial charge in [0.25, 0.3) is 5.91 Å². The summed E-state index contributed by atoms with van der Waals surface area (Å²) in [5, 5.41) is 12.3. The van der Waals surface area contributed by atoms with Crippen LogP contribution in [0.25, 0.3) is 0 Å². The SMILES string of the molecule is COc1cc2c(cc1OCCCCCC(C)(C)C)N(C(=O)OCC(C)SSc1ccccn1)C(O)[C@@H]1CCCN1C2=O.O=C=O. The molecule has 0 bridgehead atoms. The summed E-state index contributed by atoms with van der Waals surface area (Å²) >= 11 is 0. The quantitative estimate of drug-likeness (QED) is 0.206. The predicted octanol–water partition coefficient (Wildman–Crippen LogP) is 6.20. The van der Waals surface area contributed by atoms with E-state index in [1.54, 1.807) is 34.0 Å². The summed E-state index contributed by atoms with van der Waals surface area (Å²) in [5.41, 5.74) is 0.839.